The molecule has 156 valence electrons. The highest BCUT2D eigenvalue weighted by Gasteiger charge is 2.13. The molecule has 0 fully saturated rings. The first kappa shape index (κ1) is 19.9. The number of nitrogens with zero attached hydrogens (tertiary/aromatic N) is 2. The highest BCUT2D eigenvalue weighted by atomic mass is 16.5. The minimum Gasteiger partial charge on any atom is -0.490 e. The number of fused-ring (bicyclic) bond motifs is 2. The second-order valence-corrected chi connectivity index (χ2v) is 7.88. The Morgan fingerprint density at radius 1 is 1.13 bits per heavy atom. The van der Waals surface area contributed by atoms with Gasteiger partial charge in [-0.05, 0) is 41.8 Å². The lowest BCUT2D eigenvalue weighted by atomic mass is 10.1. The summed E-state index contributed by atoms with van der Waals surface area (Å²) in [6, 6.07) is 10.7. The maximum absolute atomic E-state index is 12.7. The van der Waals surface area contributed by atoms with Crippen molar-refractivity contribution in [1.29, 1.82) is 0 Å². The van der Waals surface area contributed by atoms with Gasteiger partial charge < -0.3 is 14.8 Å². The fourth-order valence-corrected chi connectivity index (χ4v) is 3.47. The molecule has 0 atom stereocenters. The van der Waals surface area contributed by atoms with Gasteiger partial charge in [0.15, 0.2) is 11.5 Å². The van der Waals surface area contributed by atoms with E-state index in [4.69, 9.17) is 9.47 Å². The van der Waals surface area contributed by atoms with Crippen LogP contribution in [0, 0.1) is 5.92 Å². The number of rotatable bonds is 5. The topological polar surface area (TPSA) is 82.5 Å². The predicted molar refractivity (Wildman–Crippen MR) is 115 cm³/mol. The monoisotopic (exact) mass is 407 g/mol. The number of hydrogen-bond donors (Lipinski definition) is 1. The van der Waals surface area contributed by atoms with Gasteiger partial charge in [-0.25, -0.2) is 4.98 Å². The molecular formula is C23H25N3O4. The Balaban J connectivity index is 1.51. The standard InChI is InChI=1S/C23H25N3O4/c1-15(2)13-26-14-24-19-6-5-17(12-18(19)23(26)28)25-22(27)11-16-4-7-20-21(10-16)30-9-3-8-29-20/h4-7,10,12,14-15H,3,8-9,11,13H2,1-2H3,(H,25,27). The van der Waals surface area contributed by atoms with Crippen molar-refractivity contribution in [2.45, 2.75) is 33.2 Å². The van der Waals surface area contributed by atoms with E-state index in [0.717, 1.165) is 12.0 Å². The first-order valence-corrected chi connectivity index (χ1v) is 10.2. The van der Waals surface area contributed by atoms with Crippen LogP contribution in [0.4, 0.5) is 5.69 Å². The average molecular weight is 407 g/mol. The van der Waals surface area contributed by atoms with Gasteiger partial charge in [0, 0.05) is 18.7 Å². The number of hydrogen-bond acceptors (Lipinski definition) is 5. The Labute approximate surface area is 174 Å². The van der Waals surface area contributed by atoms with Gasteiger partial charge in [0.1, 0.15) is 0 Å². The van der Waals surface area contributed by atoms with Crippen molar-refractivity contribution in [3.8, 4) is 11.5 Å². The van der Waals surface area contributed by atoms with Gasteiger partial charge in [-0.1, -0.05) is 19.9 Å². The molecule has 1 aromatic heterocycles. The van der Waals surface area contributed by atoms with Crippen LogP contribution in [0.2, 0.25) is 0 Å². The van der Waals surface area contributed by atoms with E-state index in [2.05, 4.69) is 10.3 Å². The zero-order chi connectivity index (χ0) is 21.1. The summed E-state index contributed by atoms with van der Waals surface area (Å²) in [5.74, 6) is 1.53. The van der Waals surface area contributed by atoms with E-state index in [9.17, 15) is 9.59 Å². The number of nitrogens with one attached hydrogen (secondary N) is 1. The van der Waals surface area contributed by atoms with E-state index in [0.29, 0.717) is 53.8 Å². The fraction of sp³-hybridized carbons (Fsp3) is 0.348. The molecule has 1 amide bonds. The lowest BCUT2D eigenvalue weighted by Gasteiger charge is -2.11. The number of ether oxygens (including phenoxy) is 2. The maximum Gasteiger partial charge on any atom is 0.261 e. The number of carbonyl (C=O) groups excluding carboxylic acids is 1. The molecule has 0 bridgehead atoms. The minimum atomic E-state index is -0.171. The summed E-state index contributed by atoms with van der Waals surface area (Å²) >= 11 is 0. The van der Waals surface area contributed by atoms with E-state index < -0.39 is 0 Å². The molecule has 4 rings (SSSR count). The van der Waals surface area contributed by atoms with Crippen LogP contribution in [-0.4, -0.2) is 28.7 Å². The smallest absolute Gasteiger partial charge is 0.261 e. The zero-order valence-corrected chi connectivity index (χ0v) is 17.2. The number of carbonyl (C=O) groups is 1. The van der Waals surface area contributed by atoms with Crippen LogP contribution in [0.25, 0.3) is 10.9 Å². The average Bonchev–Trinajstić information content (AvgIpc) is 2.95. The largest absolute Gasteiger partial charge is 0.490 e. The summed E-state index contributed by atoms with van der Waals surface area (Å²) in [4.78, 5) is 29.7. The predicted octanol–water partition coefficient (Wildman–Crippen LogP) is 3.40. The van der Waals surface area contributed by atoms with E-state index >= 15 is 0 Å². The molecule has 7 nitrogen and oxygen atoms in total. The van der Waals surface area contributed by atoms with Crippen molar-refractivity contribution in [3.05, 3.63) is 58.6 Å². The highest BCUT2D eigenvalue weighted by molar-refractivity contribution is 5.94. The molecule has 0 spiro atoms. The fourth-order valence-electron chi connectivity index (χ4n) is 3.47. The molecule has 1 aliphatic heterocycles. The molecule has 0 saturated carbocycles. The number of aromatic nitrogens is 2. The summed E-state index contributed by atoms with van der Waals surface area (Å²) in [6.07, 6.45) is 2.60. The van der Waals surface area contributed by atoms with Crippen molar-refractivity contribution in [1.82, 2.24) is 9.55 Å². The second kappa shape index (κ2) is 8.57. The second-order valence-electron chi connectivity index (χ2n) is 7.88. The maximum atomic E-state index is 12.7. The van der Waals surface area contributed by atoms with E-state index in [1.165, 1.54) is 0 Å². The Morgan fingerprint density at radius 2 is 1.93 bits per heavy atom. The SMILES string of the molecule is CC(C)Cn1cnc2ccc(NC(=O)Cc3ccc4c(c3)OCCCO4)cc2c1=O. The van der Waals surface area contributed by atoms with Crippen molar-refractivity contribution in [2.75, 3.05) is 18.5 Å². The van der Waals surface area contributed by atoms with Gasteiger partial charge in [-0.2, -0.15) is 0 Å². The molecule has 0 radical (unpaired) electrons. The number of anilines is 1. The number of amides is 1. The molecule has 0 saturated heterocycles. The van der Waals surface area contributed by atoms with Crippen LogP contribution in [0.1, 0.15) is 25.8 Å². The quantitative estimate of drug-likeness (QED) is 0.701. The summed E-state index contributed by atoms with van der Waals surface area (Å²) in [7, 11) is 0. The summed E-state index contributed by atoms with van der Waals surface area (Å²) in [5, 5.41) is 3.37. The molecule has 1 N–H and O–H groups in total. The molecule has 0 aliphatic carbocycles. The van der Waals surface area contributed by atoms with Gasteiger partial charge >= 0.3 is 0 Å². The third-order valence-electron chi connectivity index (χ3n) is 4.85. The van der Waals surface area contributed by atoms with Gasteiger partial charge in [-0.3, -0.25) is 14.2 Å². The molecule has 30 heavy (non-hydrogen) atoms. The van der Waals surface area contributed by atoms with Crippen LogP contribution >= 0.6 is 0 Å². The van der Waals surface area contributed by atoms with Crippen molar-refractivity contribution in [2.24, 2.45) is 5.92 Å². The van der Waals surface area contributed by atoms with Crippen molar-refractivity contribution < 1.29 is 14.3 Å². The van der Waals surface area contributed by atoms with Gasteiger partial charge in [0.2, 0.25) is 5.91 Å². The van der Waals surface area contributed by atoms with Crippen LogP contribution in [0.5, 0.6) is 11.5 Å². The van der Waals surface area contributed by atoms with Gasteiger partial charge in [-0.15, -0.1) is 0 Å². The number of benzene rings is 2. The van der Waals surface area contributed by atoms with Crippen LogP contribution < -0.4 is 20.3 Å². The lowest BCUT2D eigenvalue weighted by Crippen LogP contribution is -2.23. The van der Waals surface area contributed by atoms with E-state index in [1.54, 1.807) is 29.1 Å². The molecule has 1 aliphatic rings. The van der Waals surface area contributed by atoms with Crippen LogP contribution in [0.3, 0.4) is 0 Å². The minimum absolute atomic E-state index is 0.104. The third-order valence-corrected chi connectivity index (χ3v) is 4.85. The first-order valence-electron chi connectivity index (χ1n) is 10.2. The van der Waals surface area contributed by atoms with Gasteiger partial charge in [0.05, 0.1) is 36.9 Å². The van der Waals surface area contributed by atoms with E-state index in [-0.39, 0.29) is 17.9 Å². The molecule has 0 unspecified atom stereocenters. The summed E-state index contributed by atoms with van der Waals surface area (Å²) in [5.41, 5.74) is 1.91. The Bertz CT molecular complexity index is 1140. The lowest BCUT2D eigenvalue weighted by molar-refractivity contribution is -0.115. The Morgan fingerprint density at radius 3 is 2.73 bits per heavy atom. The van der Waals surface area contributed by atoms with Gasteiger partial charge in [0.25, 0.3) is 5.56 Å². The first-order chi connectivity index (χ1) is 14.5. The third kappa shape index (κ3) is 4.45. The highest BCUT2D eigenvalue weighted by Crippen LogP contribution is 2.30. The molecular weight excluding hydrogens is 382 g/mol. The summed E-state index contributed by atoms with van der Waals surface area (Å²) in [6.45, 7) is 5.92. The van der Waals surface area contributed by atoms with Crippen LogP contribution in [-0.2, 0) is 17.8 Å². The Kier molecular flexibility index (Phi) is 5.70. The molecule has 2 heterocycles. The molecule has 7 heteroatoms. The van der Waals surface area contributed by atoms with Crippen molar-refractivity contribution >= 4 is 22.5 Å². The summed E-state index contributed by atoms with van der Waals surface area (Å²) < 4.78 is 12.9. The van der Waals surface area contributed by atoms with Crippen molar-refractivity contribution in [3.63, 3.8) is 0 Å². The zero-order valence-electron chi connectivity index (χ0n) is 17.2. The molecule has 2 aromatic carbocycles. The van der Waals surface area contributed by atoms with E-state index in [1.807, 2.05) is 32.0 Å². The van der Waals surface area contributed by atoms with Crippen LogP contribution in [0.15, 0.2) is 47.5 Å². The molecule has 3 aromatic rings. The normalized spacial score (nSPS) is 13.3. The Hall–Kier alpha value is -3.35.